The number of nitrogens with zero attached hydrogens (tertiary/aromatic N) is 5. The second-order valence-electron chi connectivity index (χ2n) is 6.88. The summed E-state index contributed by atoms with van der Waals surface area (Å²) in [5.41, 5.74) is -1.15. The van der Waals surface area contributed by atoms with Gasteiger partial charge in [-0.2, -0.15) is 13.2 Å². The fourth-order valence-electron chi connectivity index (χ4n) is 2.81. The Hall–Kier alpha value is -3.37. The van der Waals surface area contributed by atoms with E-state index in [2.05, 4.69) is 25.3 Å². The minimum Gasteiger partial charge on any atom is -0.328 e. The van der Waals surface area contributed by atoms with Crippen LogP contribution in [0, 0.1) is 11.3 Å². The van der Waals surface area contributed by atoms with Crippen LogP contribution in [0.1, 0.15) is 35.7 Å². The molecule has 3 rings (SSSR count). The summed E-state index contributed by atoms with van der Waals surface area (Å²) in [7, 11) is 0. The van der Waals surface area contributed by atoms with Crippen molar-refractivity contribution < 1.29 is 18.0 Å². The number of rotatable bonds is 7. The molecule has 0 spiro atoms. The zero-order valence-corrected chi connectivity index (χ0v) is 16.1. The van der Waals surface area contributed by atoms with Crippen LogP contribution in [0.2, 0.25) is 0 Å². The molecule has 2 heterocycles. The molecule has 0 aliphatic heterocycles. The number of anilines is 1. The van der Waals surface area contributed by atoms with Gasteiger partial charge in [-0.25, -0.2) is 15.0 Å². The van der Waals surface area contributed by atoms with Crippen LogP contribution in [-0.2, 0) is 6.18 Å². The molecule has 1 atom stereocenters. The normalized spacial score (nSPS) is 15.4. The molecule has 0 aromatic carbocycles. The maximum atomic E-state index is 13.1. The summed E-state index contributed by atoms with van der Waals surface area (Å²) in [4.78, 5) is 30.2. The van der Waals surface area contributed by atoms with E-state index in [1.54, 1.807) is 13.0 Å². The highest BCUT2D eigenvalue weighted by Crippen LogP contribution is 2.32. The molecule has 1 aliphatic carbocycles. The van der Waals surface area contributed by atoms with Gasteiger partial charge in [-0.15, -0.1) is 0 Å². The van der Waals surface area contributed by atoms with Gasteiger partial charge in [0.2, 0.25) is 5.95 Å². The first-order valence-electron chi connectivity index (χ1n) is 9.23. The lowest BCUT2D eigenvalue weighted by Crippen LogP contribution is -2.47. The Morgan fingerprint density at radius 2 is 2.07 bits per heavy atom. The topological polar surface area (TPSA) is 107 Å². The van der Waals surface area contributed by atoms with E-state index in [-0.39, 0.29) is 23.3 Å². The van der Waals surface area contributed by atoms with Crippen LogP contribution in [0.3, 0.4) is 0 Å². The molecule has 158 valence electrons. The van der Waals surface area contributed by atoms with Gasteiger partial charge in [0.1, 0.15) is 12.2 Å². The fraction of sp³-hybridized carbons (Fsp3) is 0.368. The first-order valence-corrected chi connectivity index (χ1v) is 9.23. The van der Waals surface area contributed by atoms with Crippen LogP contribution >= 0.6 is 0 Å². The molecular formula is C19H20F3N7O. The number of alkyl halides is 3. The van der Waals surface area contributed by atoms with Gasteiger partial charge in [0, 0.05) is 31.3 Å². The predicted molar refractivity (Wildman–Crippen MR) is 104 cm³/mol. The molecule has 0 radical (unpaired) electrons. The minimum absolute atomic E-state index is 0.164. The van der Waals surface area contributed by atoms with Crippen LogP contribution in [0.4, 0.5) is 19.1 Å². The second kappa shape index (κ2) is 8.97. The van der Waals surface area contributed by atoms with Crippen molar-refractivity contribution in [3.05, 3.63) is 48.0 Å². The number of amides is 1. The number of carbonyl (C=O) groups is 1. The van der Waals surface area contributed by atoms with E-state index in [0.29, 0.717) is 12.7 Å². The quantitative estimate of drug-likeness (QED) is 0.529. The molecule has 0 saturated heterocycles. The molecule has 11 heteroatoms. The van der Waals surface area contributed by atoms with Crippen molar-refractivity contribution in [3.8, 4) is 0 Å². The number of halogens is 3. The standard InChI is InChI=1S/C19H20F3N7O/c1-12(16(27-11-23)28-18-25-5-2-6-26-18)29(10-13-3-4-13)17(30)14-7-15(9-24-8-14)19(20,21)22/h2,5-9,11-13H,3-4,10H2,1H3,(H2,23,25,26,27,28). The largest absolute Gasteiger partial charge is 0.417 e. The van der Waals surface area contributed by atoms with Crippen molar-refractivity contribution in [1.29, 1.82) is 5.41 Å². The minimum atomic E-state index is -4.60. The molecule has 1 aliphatic rings. The third-order valence-electron chi connectivity index (χ3n) is 4.60. The highest BCUT2D eigenvalue weighted by atomic mass is 19.4. The molecular weight excluding hydrogens is 399 g/mol. The Morgan fingerprint density at radius 3 is 2.67 bits per heavy atom. The monoisotopic (exact) mass is 419 g/mol. The van der Waals surface area contributed by atoms with Crippen LogP contribution in [-0.4, -0.2) is 50.5 Å². The molecule has 30 heavy (non-hydrogen) atoms. The van der Waals surface area contributed by atoms with Crippen molar-refractivity contribution in [3.63, 3.8) is 0 Å². The summed E-state index contributed by atoms with van der Waals surface area (Å²) >= 11 is 0. The van der Waals surface area contributed by atoms with Crippen LogP contribution in [0.15, 0.2) is 41.9 Å². The highest BCUT2D eigenvalue weighted by molar-refractivity contribution is 6.05. The number of aliphatic imine (C=N–C) groups is 1. The van der Waals surface area contributed by atoms with Crippen molar-refractivity contribution in [2.24, 2.45) is 10.9 Å². The van der Waals surface area contributed by atoms with E-state index < -0.39 is 23.7 Å². The molecule has 2 aromatic heterocycles. The maximum absolute atomic E-state index is 13.1. The third kappa shape index (κ3) is 5.37. The van der Waals surface area contributed by atoms with E-state index in [1.165, 1.54) is 17.3 Å². The summed E-state index contributed by atoms with van der Waals surface area (Å²) in [5.74, 6) is 0.125. The van der Waals surface area contributed by atoms with E-state index >= 15 is 0 Å². The third-order valence-corrected chi connectivity index (χ3v) is 4.60. The van der Waals surface area contributed by atoms with Gasteiger partial charge in [0.15, 0.2) is 0 Å². The highest BCUT2D eigenvalue weighted by Gasteiger charge is 2.35. The lowest BCUT2D eigenvalue weighted by atomic mass is 10.1. The second-order valence-corrected chi connectivity index (χ2v) is 6.88. The number of nitrogens with one attached hydrogen (secondary N) is 2. The van der Waals surface area contributed by atoms with Gasteiger partial charge in [-0.1, -0.05) is 0 Å². The molecule has 8 nitrogen and oxygen atoms in total. The molecule has 1 fully saturated rings. The van der Waals surface area contributed by atoms with E-state index in [1.807, 2.05) is 0 Å². The van der Waals surface area contributed by atoms with Crippen LogP contribution < -0.4 is 5.32 Å². The van der Waals surface area contributed by atoms with Gasteiger partial charge < -0.3 is 10.2 Å². The molecule has 2 aromatic rings. The Balaban J connectivity index is 1.89. The predicted octanol–water partition coefficient (Wildman–Crippen LogP) is 3.25. The van der Waals surface area contributed by atoms with Gasteiger partial charge >= 0.3 is 6.18 Å². The summed E-state index contributed by atoms with van der Waals surface area (Å²) in [6.07, 6.45) is 2.91. The zero-order chi connectivity index (χ0) is 21.7. The van der Waals surface area contributed by atoms with E-state index in [9.17, 15) is 18.0 Å². The fourth-order valence-corrected chi connectivity index (χ4v) is 2.81. The smallest absolute Gasteiger partial charge is 0.328 e. The van der Waals surface area contributed by atoms with Gasteiger partial charge in [-0.3, -0.25) is 15.2 Å². The first-order chi connectivity index (χ1) is 14.3. The van der Waals surface area contributed by atoms with Gasteiger partial charge in [-0.05, 0) is 37.8 Å². The molecule has 1 saturated carbocycles. The SMILES string of the molecule is CC(/C(=N/C=N)Nc1ncccn1)N(CC1CC1)C(=O)c1cncc(C(F)(F)F)c1. The summed E-state index contributed by atoms with van der Waals surface area (Å²) in [6, 6.07) is 1.76. The van der Waals surface area contributed by atoms with Crippen LogP contribution in [0.5, 0.6) is 0 Å². The first kappa shape index (κ1) is 21.3. The number of amidine groups is 1. The van der Waals surface area contributed by atoms with Crippen molar-refractivity contribution in [2.45, 2.75) is 32.0 Å². The number of pyridine rings is 1. The summed E-state index contributed by atoms with van der Waals surface area (Å²) in [6.45, 7) is 2.03. The Labute approximate surface area is 170 Å². The Bertz CT molecular complexity index is 929. The van der Waals surface area contributed by atoms with Gasteiger partial charge in [0.25, 0.3) is 5.91 Å². The molecule has 1 unspecified atom stereocenters. The van der Waals surface area contributed by atoms with E-state index in [0.717, 1.165) is 31.4 Å². The Morgan fingerprint density at radius 1 is 1.37 bits per heavy atom. The molecule has 1 amide bonds. The van der Waals surface area contributed by atoms with Crippen LogP contribution in [0.25, 0.3) is 0 Å². The van der Waals surface area contributed by atoms with Gasteiger partial charge in [0.05, 0.1) is 17.2 Å². The van der Waals surface area contributed by atoms with Crippen molar-refractivity contribution >= 4 is 24.0 Å². The summed E-state index contributed by atoms with van der Waals surface area (Å²) in [5, 5.41) is 10.2. The Kier molecular flexibility index (Phi) is 6.38. The average Bonchev–Trinajstić information content (AvgIpc) is 3.55. The molecule has 2 N–H and O–H groups in total. The lowest BCUT2D eigenvalue weighted by molar-refractivity contribution is -0.137. The molecule has 0 bridgehead atoms. The lowest BCUT2D eigenvalue weighted by Gasteiger charge is -2.30. The van der Waals surface area contributed by atoms with E-state index in [4.69, 9.17) is 5.41 Å². The maximum Gasteiger partial charge on any atom is 0.417 e. The zero-order valence-electron chi connectivity index (χ0n) is 16.1. The average molecular weight is 419 g/mol. The number of hydrogen-bond acceptors (Lipinski definition) is 5. The number of aromatic nitrogens is 3. The van der Waals surface area contributed by atoms with Crippen molar-refractivity contribution in [2.75, 3.05) is 11.9 Å². The summed E-state index contributed by atoms with van der Waals surface area (Å²) < 4.78 is 39.1. The van der Waals surface area contributed by atoms with Crippen molar-refractivity contribution in [1.82, 2.24) is 19.9 Å². The number of carbonyl (C=O) groups excluding carboxylic acids is 1. The number of hydrogen-bond donors (Lipinski definition) is 2.